The van der Waals surface area contributed by atoms with Crippen molar-refractivity contribution in [1.29, 1.82) is 0 Å². The van der Waals surface area contributed by atoms with Crippen LogP contribution in [0.15, 0.2) is 18.2 Å². The van der Waals surface area contributed by atoms with Gasteiger partial charge in [-0.3, -0.25) is 15.1 Å². The zero-order valence-electron chi connectivity index (χ0n) is 33.4. The van der Waals surface area contributed by atoms with E-state index in [1.54, 1.807) is 46.4 Å². The highest BCUT2D eigenvalue weighted by Gasteiger charge is 2.50. The first kappa shape index (κ1) is 41.8. The predicted octanol–water partition coefficient (Wildman–Crippen LogP) is 10.1. The van der Waals surface area contributed by atoms with Crippen LogP contribution in [-0.4, -0.2) is 105 Å². The van der Waals surface area contributed by atoms with Crippen LogP contribution in [0, 0.1) is 0 Å². The Morgan fingerprint density at radius 1 is 0.966 bits per heavy atom. The predicted molar refractivity (Wildman–Crippen MR) is 219 cm³/mol. The molecule has 4 aliphatic heterocycles. The Labute approximate surface area is 352 Å². The highest BCUT2D eigenvalue weighted by atomic mass is 35.5. The Bertz CT molecular complexity index is 2320. The van der Waals surface area contributed by atoms with E-state index in [1.165, 1.54) is 12.1 Å². The number of carbonyl (C=O) groups excluding carboxylic acids is 2. The van der Waals surface area contributed by atoms with Gasteiger partial charge in [-0.05, 0) is 85.9 Å². The molecule has 2 unspecified atom stereocenters. The molecule has 4 aliphatic rings. The second kappa shape index (κ2) is 14.9. The maximum absolute atomic E-state index is 15.4. The fourth-order valence-corrected chi connectivity index (χ4v) is 10.4. The van der Waals surface area contributed by atoms with Crippen LogP contribution in [0.2, 0.25) is 10.0 Å². The molecule has 0 spiro atoms. The zero-order chi connectivity index (χ0) is 42.4. The number of thiazole rings is 1. The molecule has 4 saturated heterocycles. The van der Waals surface area contributed by atoms with Crippen LogP contribution < -0.4 is 15.0 Å². The number of hydrogen-bond donors (Lipinski definition) is 1. The molecule has 1 N–H and O–H groups in total. The van der Waals surface area contributed by atoms with Gasteiger partial charge in [0, 0.05) is 42.6 Å². The molecule has 4 aromatic rings. The fourth-order valence-electron chi connectivity index (χ4n) is 8.94. The third-order valence-electron chi connectivity index (χ3n) is 11.2. The normalized spacial score (nSPS) is 23.6. The molecule has 2 aromatic carbocycles. The van der Waals surface area contributed by atoms with Crippen molar-refractivity contribution in [3.05, 3.63) is 33.8 Å². The number of aromatic nitrogens is 3. The van der Waals surface area contributed by atoms with Gasteiger partial charge in [0.05, 0.1) is 49.0 Å². The molecule has 2 aromatic heterocycles. The first-order valence-corrected chi connectivity index (χ1v) is 21.2. The summed E-state index contributed by atoms with van der Waals surface area (Å²) in [6.45, 7) is 12.1. The minimum atomic E-state index is -4.93. The van der Waals surface area contributed by atoms with Crippen molar-refractivity contribution in [3.63, 3.8) is 0 Å². The van der Waals surface area contributed by atoms with Crippen LogP contribution in [0.4, 0.5) is 38.1 Å². The van der Waals surface area contributed by atoms with Gasteiger partial charge in [-0.25, -0.2) is 19.0 Å². The SMILES string of the molecule is CC(C)(C)OC(=O)Nc1nc2c(-c3c(C(F)(F)F)cc4c(N5CC6CCC(C5)N6C(=O)OC(C)(C)C)nc(OC[C@@]56CCCN5C[C@H](F)C6)nc4c3Cl)ccc(Cl)c2s1. The number of nitrogens with zero attached hydrogens (tertiary/aromatic N) is 6. The molecule has 4 fully saturated rings. The quantitative estimate of drug-likeness (QED) is 0.187. The molecule has 0 aliphatic carbocycles. The summed E-state index contributed by atoms with van der Waals surface area (Å²) in [6, 6.07) is 3.13. The number of benzene rings is 2. The minimum Gasteiger partial charge on any atom is -0.461 e. The lowest BCUT2D eigenvalue weighted by atomic mass is 9.95. The average molecular weight is 883 g/mol. The minimum absolute atomic E-state index is 0.00223. The Hall–Kier alpha value is -3.93. The first-order valence-electron chi connectivity index (χ1n) is 19.6. The Balaban J connectivity index is 1.26. The number of amides is 2. The lowest BCUT2D eigenvalue weighted by Crippen LogP contribution is -2.57. The molecular formula is C40H45Cl2F4N7O5S. The average Bonchev–Trinajstić information content (AvgIpc) is 3.85. The van der Waals surface area contributed by atoms with Gasteiger partial charge < -0.3 is 19.1 Å². The second-order valence-corrected chi connectivity index (χ2v) is 19.6. The fraction of sp³-hybridized carbons (Fsp3) is 0.575. The van der Waals surface area contributed by atoms with Gasteiger partial charge >= 0.3 is 24.4 Å². The van der Waals surface area contributed by atoms with Crippen LogP contribution in [0.25, 0.3) is 32.2 Å². The van der Waals surface area contributed by atoms with Gasteiger partial charge in [-0.2, -0.15) is 23.1 Å². The molecular weight excluding hydrogens is 837 g/mol. The Morgan fingerprint density at radius 3 is 2.32 bits per heavy atom. The van der Waals surface area contributed by atoms with Gasteiger partial charge in [0.2, 0.25) is 0 Å². The van der Waals surface area contributed by atoms with E-state index in [9.17, 15) is 14.0 Å². The van der Waals surface area contributed by atoms with E-state index in [-0.39, 0.29) is 87.2 Å². The number of hydrogen-bond acceptors (Lipinski definition) is 11. The van der Waals surface area contributed by atoms with E-state index in [1.807, 2.05) is 4.90 Å². The molecule has 2 bridgehead atoms. The molecule has 59 heavy (non-hydrogen) atoms. The Kier molecular flexibility index (Phi) is 10.6. The van der Waals surface area contributed by atoms with Gasteiger partial charge in [0.25, 0.3) is 0 Å². The van der Waals surface area contributed by atoms with Crippen LogP contribution in [0.1, 0.15) is 79.2 Å². The van der Waals surface area contributed by atoms with Crippen molar-refractivity contribution < 1.29 is 41.4 Å². The van der Waals surface area contributed by atoms with E-state index in [4.69, 9.17) is 42.4 Å². The number of nitrogens with one attached hydrogen (secondary N) is 1. The number of alkyl halides is 4. The first-order chi connectivity index (χ1) is 27.6. The number of fused-ring (bicyclic) bond motifs is 5. The monoisotopic (exact) mass is 881 g/mol. The molecule has 8 rings (SSSR count). The van der Waals surface area contributed by atoms with Crippen LogP contribution >= 0.6 is 34.5 Å². The largest absolute Gasteiger partial charge is 0.461 e. The van der Waals surface area contributed by atoms with E-state index in [0.717, 1.165) is 30.4 Å². The number of anilines is 2. The van der Waals surface area contributed by atoms with Crippen molar-refractivity contribution in [2.24, 2.45) is 0 Å². The summed E-state index contributed by atoms with van der Waals surface area (Å²) in [4.78, 5) is 45.6. The summed E-state index contributed by atoms with van der Waals surface area (Å²) in [5.41, 5.74) is -3.49. The molecule has 318 valence electrons. The number of carbonyl (C=O) groups is 2. The highest BCUT2D eigenvalue weighted by Crippen LogP contribution is 2.50. The topological polar surface area (TPSA) is 122 Å². The lowest BCUT2D eigenvalue weighted by Gasteiger charge is -2.42. The summed E-state index contributed by atoms with van der Waals surface area (Å²) in [5.74, 6) is 0.166. The van der Waals surface area contributed by atoms with E-state index in [0.29, 0.717) is 30.5 Å². The zero-order valence-corrected chi connectivity index (χ0v) is 35.8. The maximum atomic E-state index is 15.4. The number of rotatable bonds is 6. The van der Waals surface area contributed by atoms with Crippen molar-refractivity contribution in [1.82, 2.24) is 24.8 Å². The lowest BCUT2D eigenvalue weighted by molar-refractivity contribution is -0.137. The van der Waals surface area contributed by atoms with Crippen molar-refractivity contribution in [2.75, 3.05) is 43.0 Å². The summed E-state index contributed by atoms with van der Waals surface area (Å²) < 4.78 is 78.7. The molecule has 4 atom stereocenters. The maximum Gasteiger partial charge on any atom is 0.417 e. The van der Waals surface area contributed by atoms with Crippen molar-refractivity contribution >= 4 is 78.8 Å². The Morgan fingerprint density at radius 2 is 1.66 bits per heavy atom. The third-order valence-corrected chi connectivity index (χ3v) is 13.0. The summed E-state index contributed by atoms with van der Waals surface area (Å²) in [6.07, 6.45) is -3.97. The highest BCUT2D eigenvalue weighted by molar-refractivity contribution is 7.23. The molecule has 6 heterocycles. The van der Waals surface area contributed by atoms with E-state index >= 15 is 13.2 Å². The summed E-state index contributed by atoms with van der Waals surface area (Å²) in [5, 5.41) is 2.51. The summed E-state index contributed by atoms with van der Waals surface area (Å²) >= 11 is 14.7. The van der Waals surface area contributed by atoms with Gasteiger partial charge in [0.15, 0.2) is 5.13 Å². The molecule has 0 saturated carbocycles. The number of halogens is 6. The number of ether oxygens (including phenoxy) is 3. The molecule has 2 amide bonds. The molecule has 12 nitrogen and oxygen atoms in total. The van der Waals surface area contributed by atoms with Gasteiger partial charge in [0.1, 0.15) is 29.8 Å². The third kappa shape index (κ3) is 8.16. The van der Waals surface area contributed by atoms with Crippen molar-refractivity contribution in [2.45, 2.75) is 115 Å². The van der Waals surface area contributed by atoms with Crippen LogP contribution in [0.3, 0.4) is 0 Å². The van der Waals surface area contributed by atoms with Gasteiger partial charge in [-0.1, -0.05) is 40.6 Å². The van der Waals surface area contributed by atoms with Crippen molar-refractivity contribution in [3.8, 4) is 17.1 Å². The van der Waals surface area contributed by atoms with Crippen LogP contribution in [0.5, 0.6) is 6.01 Å². The molecule has 19 heteroatoms. The van der Waals surface area contributed by atoms with E-state index in [2.05, 4.69) is 20.2 Å². The summed E-state index contributed by atoms with van der Waals surface area (Å²) in [7, 11) is 0. The number of piperazine rings is 1. The van der Waals surface area contributed by atoms with Crippen LogP contribution in [-0.2, 0) is 15.7 Å². The smallest absolute Gasteiger partial charge is 0.417 e. The van der Waals surface area contributed by atoms with E-state index < -0.39 is 52.4 Å². The van der Waals surface area contributed by atoms with Gasteiger partial charge in [-0.15, -0.1) is 0 Å². The standard InChI is InChI=1S/C40H45Cl2F4N7O5S/c1-37(2,3)57-35(54)50-34-48-30-23(10-11-26(41)31(30)59-34)27-25(40(44,45)46)14-24-29(28(27)42)47-33(56-19-39-12-7-13-52(39)16-20(43)15-39)49-32(24)51-17-21-8-9-22(18-51)53(21)36(55)58-38(4,5)6/h10-11,14,20-22H,7-9,12-13,15-19H2,1-6H3,(H,48,50,54)/t20-,21?,22?,39+/m1/s1. The second-order valence-electron chi connectivity index (χ2n) is 17.8. The molecule has 0 radical (unpaired) electrons.